The van der Waals surface area contributed by atoms with Crippen LogP contribution in [-0.2, 0) is 4.79 Å². The predicted molar refractivity (Wildman–Crippen MR) is 73.3 cm³/mol. The summed E-state index contributed by atoms with van der Waals surface area (Å²) >= 11 is 0. The van der Waals surface area contributed by atoms with Gasteiger partial charge in [0.15, 0.2) is 5.78 Å². The molecule has 7 nitrogen and oxygen atoms in total. The molecule has 0 heterocycles. The van der Waals surface area contributed by atoms with E-state index in [1.54, 1.807) is 4.90 Å². The first-order chi connectivity index (χ1) is 9.31. The Hall–Kier alpha value is -2.28. The molecule has 1 aromatic rings. The lowest BCUT2D eigenvalue weighted by molar-refractivity contribution is -0.384. The maximum absolute atomic E-state index is 12.1. The van der Waals surface area contributed by atoms with Gasteiger partial charge in [0.05, 0.1) is 18.0 Å². The number of hydrogen-bond acceptors (Lipinski definition) is 5. The Kier molecular flexibility index (Phi) is 5.33. The topological polar surface area (TPSA) is 107 Å². The summed E-state index contributed by atoms with van der Waals surface area (Å²) in [5, 5.41) is 10.7. The summed E-state index contributed by atoms with van der Waals surface area (Å²) in [4.78, 5) is 34.8. The van der Waals surface area contributed by atoms with Crippen molar-refractivity contribution in [1.82, 2.24) is 4.90 Å². The number of primary amides is 1. The number of Topliss-reactive ketones (excluding diaryl/α,β-unsaturated/α-hetero) is 1. The van der Waals surface area contributed by atoms with Gasteiger partial charge < -0.3 is 5.73 Å². The van der Waals surface area contributed by atoms with Crippen molar-refractivity contribution in [2.45, 2.75) is 19.9 Å². The van der Waals surface area contributed by atoms with E-state index in [1.807, 2.05) is 13.8 Å². The highest BCUT2D eigenvalue weighted by Crippen LogP contribution is 2.14. The molecule has 7 heteroatoms. The molecule has 1 rings (SSSR count). The number of nitrogens with two attached hydrogens (primary N) is 1. The minimum atomic E-state index is -0.555. The van der Waals surface area contributed by atoms with Gasteiger partial charge in [-0.05, 0) is 13.8 Å². The number of benzene rings is 1. The highest BCUT2D eigenvalue weighted by atomic mass is 16.6. The van der Waals surface area contributed by atoms with Gasteiger partial charge in [-0.25, -0.2) is 0 Å². The van der Waals surface area contributed by atoms with Crippen LogP contribution in [0.5, 0.6) is 0 Å². The fourth-order valence-corrected chi connectivity index (χ4v) is 1.69. The summed E-state index contributed by atoms with van der Waals surface area (Å²) in [5.74, 6) is -0.811. The molecule has 0 aliphatic carbocycles. The molecule has 108 valence electrons. The van der Waals surface area contributed by atoms with E-state index >= 15 is 0 Å². The lowest BCUT2D eigenvalue weighted by Gasteiger charge is -2.23. The van der Waals surface area contributed by atoms with Crippen molar-refractivity contribution in [3.05, 3.63) is 39.9 Å². The van der Waals surface area contributed by atoms with Crippen molar-refractivity contribution in [1.29, 1.82) is 0 Å². The molecule has 0 atom stereocenters. The average Bonchev–Trinajstić information content (AvgIpc) is 2.37. The van der Waals surface area contributed by atoms with E-state index in [9.17, 15) is 19.7 Å². The maximum atomic E-state index is 12.1. The average molecular weight is 279 g/mol. The van der Waals surface area contributed by atoms with Gasteiger partial charge in [0.25, 0.3) is 5.69 Å². The number of nitro benzene ring substituents is 1. The number of nitrogens with zero attached hydrogens (tertiary/aromatic N) is 2. The van der Waals surface area contributed by atoms with E-state index in [2.05, 4.69) is 0 Å². The van der Waals surface area contributed by atoms with Crippen molar-refractivity contribution >= 4 is 17.4 Å². The molecule has 0 aliphatic heterocycles. The Balaban J connectivity index is 2.86. The molecule has 20 heavy (non-hydrogen) atoms. The number of amides is 1. The number of ketones is 1. The SMILES string of the molecule is CC(C)N(CC(N)=O)CC(=O)c1cccc([N+](=O)[O-])c1. The molecule has 0 aromatic heterocycles. The van der Waals surface area contributed by atoms with Crippen LogP contribution in [0.1, 0.15) is 24.2 Å². The van der Waals surface area contributed by atoms with Gasteiger partial charge in [0.2, 0.25) is 5.91 Å². The lowest BCUT2D eigenvalue weighted by atomic mass is 10.1. The fraction of sp³-hybridized carbons (Fsp3) is 0.385. The van der Waals surface area contributed by atoms with Crippen molar-refractivity contribution < 1.29 is 14.5 Å². The Bertz CT molecular complexity index is 528. The Morgan fingerprint density at radius 1 is 1.35 bits per heavy atom. The van der Waals surface area contributed by atoms with Crippen molar-refractivity contribution in [3.63, 3.8) is 0 Å². The maximum Gasteiger partial charge on any atom is 0.270 e. The molecule has 1 aromatic carbocycles. The first-order valence-electron chi connectivity index (χ1n) is 6.11. The van der Waals surface area contributed by atoms with Crippen LogP contribution in [0, 0.1) is 10.1 Å². The van der Waals surface area contributed by atoms with Crippen LogP contribution in [0.3, 0.4) is 0 Å². The Labute approximate surface area is 116 Å². The van der Waals surface area contributed by atoms with Gasteiger partial charge in [-0.15, -0.1) is 0 Å². The number of nitro groups is 1. The van der Waals surface area contributed by atoms with E-state index < -0.39 is 10.8 Å². The summed E-state index contributed by atoms with van der Waals surface area (Å²) in [5.41, 5.74) is 5.24. The summed E-state index contributed by atoms with van der Waals surface area (Å²) in [7, 11) is 0. The Morgan fingerprint density at radius 2 is 2.00 bits per heavy atom. The highest BCUT2D eigenvalue weighted by molar-refractivity contribution is 5.98. The molecule has 0 saturated heterocycles. The summed E-state index contributed by atoms with van der Waals surface area (Å²) in [6.07, 6.45) is 0. The molecule has 0 unspecified atom stereocenters. The second kappa shape index (κ2) is 6.76. The summed E-state index contributed by atoms with van der Waals surface area (Å²) < 4.78 is 0. The zero-order chi connectivity index (χ0) is 15.3. The number of carbonyl (C=O) groups is 2. The predicted octanol–water partition coefficient (Wildman–Crippen LogP) is 0.973. The summed E-state index contributed by atoms with van der Waals surface area (Å²) in [6.45, 7) is 3.63. The molecular weight excluding hydrogens is 262 g/mol. The third-order valence-corrected chi connectivity index (χ3v) is 2.81. The van der Waals surface area contributed by atoms with Crippen LogP contribution >= 0.6 is 0 Å². The minimum Gasteiger partial charge on any atom is -0.369 e. The number of hydrogen-bond donors (Lipinski definition) is 1. The van der Waals surface area contributed by atoms with E-state index in [4.69, 9.17) is 5.73 Å². The highest BCUT2D eigenvalue weighted by Gasteiger charge is 2.18. The monoisotopic (exact) mass is 279 g/mol. The van der Waals surface area contributed by atoms with Gasteiger partial charge >= 0.3 is 0 Å². The number of rotatable bonds is 7. The normalized spacial score (nSPS) is 10.8. The van der Waals surface area contributed by atoms with E-state index in [-0.39, 0.29) is 36.2 Å². The molecule has 0 aliphatic rings. The quantitative estimate of drug-likeness (QED) is 0.454. The van der Waals surface area contributed by atoms with Gasteiger partial charge in [0, 0.05) is 23.7 Å². The van der Waals surface area contributed by atoms with Crippen LogP contribution in [0.15, 0.2) is 24.3 Å². The third kappa shape index (κ3) is 4.43. The van der Waals surface area contributed by atoms with E-state index in [0.29, 0.717) is 0 Å². The van der Waals surface area contributed by atoms with Gasteiger partial charge in [0.1, 0.15) is 0 Å². The lowest BCUT2D eigenvalue weighted by Crippen LogP contribution is -2.41. The van der Waals surface area contributed by atoms with Gasteiger partial charge in [-0.2, -0.15) is 0 Å². The fourth-order valence-electron chi connectivity index (χ4n) is 1.69. The van der Waals surface area contributed by atoms with Crippen LogP contribution in [0.4, 0.5) is 5.69 Å². The van der Waals surface area contributed by atoms with E-state index in [0.717, 1.165) is 0 Å². The van der Waals surface area contributed by atoms with Crippen molar-refractivity contribution in [3.8, 4) is 0 Å². The summed E-state index contributed by atoms with van der Waals surface area (Å²) in [6, 6.07) is 5.48. The first kappa shape index (κ1) is 15.8. The molecule has 0 radical (unpaired) electrons. The van der Waals surface area contributed by atoms with Crippen LogP contribution < -0.4 is 5.73 Å². The second-order valence-corrected chi connectivity index (χ2v) is 4.70. The van der Waals surface area contributed by atoms with Gasteiger partial charge in [-0.3, -0.25) is 24.6 Å². The zero-order valence-corrected chi connectivity index (χ0v) is 11.4. The van der Waals surface area contributed by atoms with E-state index in [1.165, 1.54) is 24.3 Å². The number of carbonyl (C=O) groups excluding carboxylic acids is 2. The second-order valence-electron chi connectivity index (χ2n) is 4.70. The largest absolute Gasteiger partial charge is 0.369 e. The van der Waals surface area contributed by atoms with Crippen LogP contribution in [0.25, 0.3) is 0 Å². The van der Waals surface area contributed by atoms with Crippen molar-refractivity contribution in [2.24, 2.45) is 5.73 Å². The molecule has 0 fully saturated rings. The van der Waals surface area contributed by atoms with Crippen LogP contribution in [0.2, 0.25) is 0 Å². The smallest absolute Gasteiger partial charge is 0.270 e. The molecule has 1 amide bonds. The molecule has 0 spiro atoms. The molecule has 0 saturated carbocycles. The number of non-ortho nitro benzene ring substituents is 1. The Morgan fingerprint density at radius 3 is 2.50 bits per heavy atom. The zero-order valence-electron chi connectivity index (χ0n) is 11.4. The molecular formula is C13H17N3O4. The molecule has 2 N–H and O–H groups in total. The third-order valence-electron chi connectivity index (χ3n) is 2.81. The minimum absolute atomic E-state index is 0.0121. The first-order valence-corrected chi connectivity index (χ1v) is 6.11. The van der Waals surface area contributed by atoms with Gasteiger partial charge in [-0.1, -0.05) is 12.1 Å². The molecule has 0 bridgehead atoms. The standard InChI is InChI=1S/C13H17N3O4/c1-9(2)15(8-13(14)18)7-12(17)10-4-3-5-11(6-10)16(19)20/h3-6,9H,7-8H2,1-2H3,(H2,14,18). The van der Waals surface area contributed by atoms with Crippen LogP contribution in [-0.4, -0.2) is 40.6 Å². The van der Waals surface area contributed by atoms with Crippen molar-refractivity contribution in [2.75, 3.05) is 13.1 Å².